The van der Waals surface area contributed by atoms with Crippen LogP contribution in [0.3, 0.4) is 0 Å². The molecule has 54 valence electrons. The SMILES string of the molecule is CC1O[C@@H](C)[C@@H](C)[C@H]1C. The van der Waals surface area contributed by atoms with Crippen molar-refractivity contribution in [1.82, 2.24) is 0 Å². The first-order valence-electron chi connectivity index (χ1n) is 3.78. The normalized spacial score (nSPS) is 52.0. The van der Waals surface area contributed by atoms with Gasteiger partial charge in [0, 0.05) is 0 Å². The van der Waals surface area contributed by atoms with Crippen LogP contribution in [0.2, 0.25) is 0 Å². The molecular weight excluding hydrogens is 112 g/mol. The molecule has 0 N–H and O–H groups in total. The standard InChI is InChI=1S/C8H16O/c1-5-6(2)8(4)9-7(5)3/h5-8H,1-4H3/t5-,6+,7-,8?/m0/s1. The Bertz CT molecular complexity index is 88.7. The summed E-state index contributed by atoms with van der Waals surface area (Å²) in [7, 11) is 0. The minimum Gasteiger partial charge on any atom is -0.375 e. The topological polar surface area (TPSA) is 9.23 Å². The Kier molecular flexibility index (Phi) is 1.80. The molecule has 0 radical (unpaired) electrons. The summed E-state index contributed by atoms with van der Waals surface area (Å²) in [6.07, 6.45) is 0.935. The van der Waals surface area contributed by atoms with Crippen LogP contribution in [0.1, 0.15) is 27.7 Å². The maximum absolute atomic E-state index is 5.59. The summed E-state index contributed by atoms with van der Waals surface area (Å²) in [4.78, 5) is 0. The largest absolute Gasteiger partial charge is 0.375 e. The molecule has 1 saturated heterocycles. The zero-order valence-electron chi connectivity index (χ0n) is 6.72. The molecule has 0 aliphatic carbocycles. The summed E-state index contributed by atoms with van der Waals surface area (Å²) in [5.74, 6) is 1.47. The van der Waals surface area contributed by atoms with Crippen molar-refractivity contribution in [2.24, 2.45) is 11.8 Å². The molecule has 0 spiro atoms. The van der Waals surface area contributed by atoms with Gasteiger partial charge < -0.3 is 4.74 Å². The second-order valence-corrected chi connectivity index (χ2v) is 3.26. The molecule has 1 heterocycles. The van der Waals surface area contributed by atoms with E-state index in [2.05, 4.69) is 27.7 Å². The lowest BCUT2D eigenvalue weighted by Gasteiger charge is -2.10. The zero-order chi connectivity index (χ0) is 7.02. The average molecular weight is 128 g/mol. The van der Waals surface area contributed by atoms with Crippen molar-refractivity contribution in [3.63, 3.8) is 0 Å². The molecule has 0 bridgehead atoms. The molecule has 1 aliphatic rings. The van der Waals surface area contributed by atoms with E-state index in [9.17, 15) is 0 Å². The van der Waals surface area contributed by atoms with Crippen LogP contribution in [0.5, 0.6) is 0 Å². The highest BCUT2D eigenvalue weighted by Gasteiger charge is 2.32. The Morgan fingerprint density at radius 3 is 1.22 bits per heavy atom. The van der Waals surface area contributed by atoms with Gasteiger partial charge in [-0.25, -0.2) is 0 Å². The predicted octanol–water partition coefficient (Wildman–Crippen LogP) is 2.07. The van der Waals surface area contributed by atoms with Gasteiger partial charge in [0.25, 0.3) is 0 Å². The summed E-state index contributed by atoms with van der Waals surface area (Å²) in [6.45, 7) is 8.84. The molecule has 0 amide bonds. The first-order valence-corrected chi connectivity index (χ1v) is 3.78. The third-order valence-corrected chi connectivity index (χ3v) is 2.74. The van der Waals surface area contributed by atoms with Crippen LogP contribution in [-0.2, 0) is 4.74 Å². The van der Waals surface area contributed by atoms with Gasteiger partial charge in [0.05, 0.1) is 12.2 Å². The van der Waals surface area contributed by atoms with Gasteiger partial charge in [-0.1, -0.05) is 13.8 Å². The van der Waals surface area contributed by atoms with Gasteiger partial charge in [0.15, 0.2) is 0 Å². The van der Waals surface area contributed by atoms with Crippen LogP contribution < -0.4 is 0 Å². The van der Waals surface area contributed by atoms with Gasteiger partial charge in [-0.15, -0.1) is 0 Å². The van der Waals surface area contributed by atoms with E-state index < -0.39 is 0 Å². The Labute approximate surface area is 57.4 Å². The Morgan fingerprint density at radius 2 is 1.11 bits per heavy atom. The average Bonchev–Trinajstić information content (AvgIpc) is 1.98. The quantitative estimate of drug-likeness (QED) is 0.485. The molecule has 1 fully saturated rings. The number of hydrogen-bond donors (Lipinski definition) is 0. The van der Waals surface area contributed by atoms with E-state index >= 15 is 0 Å². The van der Waals surface area contributed by atoms with E-state index in [1.165, 1.54) is 0 Å². The molecule has 9 heavy (non-hydrogen) atoms. The highest BCUT2D eigenvalue weighted by atomic mass is 16.5. The third kappa shape index (κ3) is 1.11. The number of hydrogen-bond acceptors (Lipinski definition) is 1. The maximum Gasteiger partial charge on any atom is 0.0579 e. The second kappa shape index (κ2) is 2.30. The van der Waals surface area contributed by atoms with Crippen LogP contribution >= 0.6 is 0 Å². The van der Waals surface area contributed by atoms with Crippen LogP contribution in [-0.4, -0.2) is 12.2 Å². The summed E-state index contributed by atoms with van der Waals surface area (Å²) in [5, 5.41) is 0. The van der Waals surface area contributed by atoms with Gasteiger partial charge in [-0.2, -0.15) is 0 Å². The lowest BCUT2D eigenvalue weighted by Crippen LogP contribution is -2.12. The fourth-order valence-electron chi connectivity index (χ4n) is 1.44. The zero-order valence-corrected chi connectivity index (χ0v) is 6.72. The molecule has 0 aromatic carbocycles. The Hall–Kier alpha value is -0.0400. The van der Waals surface area contributed by atoms with Crippen molar-refractivity contribution in [1.29, 1.82) is 0 Å². The summed E-state index contributed by atoms with van der Waals surface area (Å²) < 4.78 is 5.59. The molecule has 1 heteroatoms. The van der Waals surface area contributed by atoms with Crippen LogP contribution in [0.15, 0.2) is 0 Å². The van der Waals surface area contributed by atoms with Crippen molar-refractivity contribution in [2.45, 2.75) is 39.9 Å². The molecule has 4 atom stereocenters. The maximum atomic E-state index is 5.59. The molecule has 1 nitrogen and oxygen atoms in total. The number of ether oxygens (including phenoxy) is 1. The Morgan fingerprint density at radius 1 is 0.778 bits per heavy atom. The highest BCUT2D eigenvalue weighted by molar-refractivity contribution is 4.80. The predicted molar refractivity (Wildman–Crippen MR) is 38.3 cm³/mol. The molecule has 1 rings (SSSR count). The van der Waals surface area contributed by atoms with Gasteiger partial charge in [-0.3, -0.25) is 0 Å². The van der Waals surface area contributed by atoms with Gasteiger partial charge in [0.2, 0.25) is 0 Å². The molecule has 1 aliphatic heterocycles. The molecule has 0 aromatic heterocycles. The van der Waals surface area contributed by atoms with Crippen molar-refractivity contribution >= 4 is 0 Å². The lowest BCUT2D eigenvalue weighted by atomic mass is 9.92. The van der Waals surface area contributed by atoms with Crippen molar-refractivity contribution in [3.05, 3.63) is 0 Å². The molecule has 1 unspecified atom stereocenters. The fraction of sp³-hybridized carbons (Fsp3) is 1.00. The van der Waals surface area contributed by atoms with E-state index in [1.807, 2.05) is 0 Å². The van der Waals surface area contributed by atoms with Crippen LogP contribution in [0, 0.1) is 11.8 Å². The first-order chi connectivity index (χ1) is 4.13. The summed E-state index contributed by atoms with van der Waals surface area (Å²) >= 11 is 0. The van der Waals surface area contributed by atoms with Gasteiger partial charge in [-0.05, 0) is 25.7 Å². The van der Waals surface area contributed by atoms with Gasteiger partial charge >= 0.3 is 0 Å². The van der Waals surface area contributed by atoms with Crippen LogP contribution in [0.4, 0.5) is 0 Å². The minimum absolute atomic E-state index is 0.468. The van der Waals surface area contributed by atoms with Gasteiger partial charge in [0.1, 0.15) is 0 Å². The van der Waals surface area contributed by atoms with E-state index in [1.54, 1.807) is 0 Å². The fourth-order valence-corrected chi connectivity index (χ4v) is 1.44. The number of rotatable bonds is 0. The monoisotopic (exact) mass is 128 g/mol. The summed E-state index contributed by atoms with van der Waals surface area (Å²) in [5.41, 5.74) is 0. The Balaban J connectivity index is 2.54. The highest BCUT2D eigenvalue weighted by Crippen LogP contribution is 2.30. The lowest BCUT2D eigenvalue weighted by molar-refractivity contribution is 0.0524. The van der Waals surface area contributed by atoms with Crippen molar-refractivity contribution < 1.29 is 4.74 Å². The molecule has 0 aromatic rings. The van der Waals surface area contributed by atoms with E-state index in [4.69, 9.17) is 4.74 Å². The molecular formula is C8H16O. The first kappa shape index (κ1) is 7.07. The minimum atomic E-state index is 0.468. The van der Waals surface area contributed by atoms with E-state index in [-0.39, 0.29) is 0 Å². The smallest absolute Gasteiger partial charge is 0.0579 e. The van der Waals surface area contributed by atoms with E-state index in [0.717, 1.165) is 11.8 Å². The second-order valence-electron chi connectivity index (χ2n) is 3.26. The molecule has 0 saturated carbocycles. The summed E-state index contributed by atoms with van der Waals surface area (Å²) in [6, 6.07) is 0. The van der Waals surface area contributed by atoms with Crippen molar-refractivity contribution in [3.8, 4) is 0 Å². The van der Waals surface area contributed by atoms with E-state index in [0.29, 0.717) is 12.2 Å². The van der Waals surface area contributed by atoms with Crippen LogP contribution in [0.25, 0.3) is 0 Å². The third-order valence-electron chi connectivity index (χ3n) is 2.74. The van der Waals surface area contributed by atoms with Crippen molar-refractivity contribution in [2.75, 3.05) is 0 Å².